The van der Waals surface area contributed by atoms with Gasteiger partial charge < -0.3 is 9.88 Å². The van der Waals surface area contributed by atoms with E-state index < -0.39 is 0 Å². The zero-order chi connectivity index (χ0) is 21.0. The Morgan fingerprint density at radius 2 is 1.79 bits per heavy atom. The lowest BCUT2D eigenvalue weighted by Crippen LogP contribution is -2.33. The van der Waals surface area contributed by atoms with Gasteiger partial charge in [0, 0.05) is 23.4 Å². The minimum Gasteiger partial charge on any atom is -0.342 e. The van der Waals surface area contributed by atoms with Gasteiger partial charge in [-0.15, -0.1) is 10.2 Å². The third-order valence-electron chi connectivity index (χ3n) is 4.49. The third-order valence-corrected chi connectivity index (χ3v) is 5.83. The molecule has 8 heteroatoms. The molecule has 1 atom stereocenters. The molecule has 0 aliphatic carbocycles. The van der Waals surface area contributed by atoms with Crippen molar-refractivity contribution in [3.8, 4) is 0 Å². The quantitative estimate of drug-likeness (QED) is 0.532. The van der Waals surface area contributed by atoms with E-state index in [1.165, 1.54) is 23.9 Å². The van der Waals surface area contributed by atoms with Crippen LogP contribution in [-0.2, 0) is 12.8 Å². The number of nitrogens with zero attached hydrogens (tertiary/aromatic N) is 3. The van der Waals surface area contributed by atoms with E-state index in [1.54, 1.807) is 36.4 Å². The van der Waals surface area contributed by atoms with Crippen LogP contribution in [0.2, 0.25) is 5.02 Å². The number of carbonyl (C=O) groups is 1. The van der Waals surface area contributed by atoms with Crippen molar-refractivity contribution in [3.63, 3.8) is 0 Å². The van der Waals surface area contributed by atoms with Crippen LogP contribution in [-0.4, -0.2) is 20.7 Å². The molecular formula is C21H22ClFN4OS. The highest BCUT2D eigenvalue weighted by molar-refractivity contribution is 7.98. The number of rotatable bonds is 7. The summed E-state index contributed by atoms with van der Waals surface area (Å²) in [6.07, 6.45) is 0. The van der Waals surface area contributed by atoms with E-state index in [0.29, 0.717) is 22.2 Å². The second kappa shape index (κ2) is 9.41. The van der Waals surface area contributed by atoms with Gasteiger partial charge in [-0.3, -0.25) is 4.79 Å². The van der Waals surface area contributed by atoms with Crippen molar-refractivity contribution in [1.82, 2.24) is 20.1 Å². The Kier molecular flexibility index (Phi) is 6.92. The lowest BCUT2D eigenvalue weighted by Gasteiger charge is -2.21. The average molecular weight is 433 g/mol. The maximum absolute atomic E-state index is 13.1. The molecule has 1 N–H and O–H groups in total. The Hall–Kier alpha value is -2.38. The Morgan fingerprint density at radius 3 is 2.41 bits per heavy atom. The molecule has 2 aromatic carbocycles. The van der Waals surface area contributed by atoms with Crippen LogP contribution in [0.4, 0.5) is 4.39 Å². The molecule has 0 saturated carbocycles. The second-order valence-electron chi connectivity index (χ2n) is 7.02. The summed E-state index contributed by atoms with van der Waals surface area (Å²) in [5.41, 5.74) is 1.53. The molecular weight excluding hydrogens is 411 g/mol. The van der Waals surface area contributed by atoms with Gasteiger partial charge in [-0.2, -0.15) is 0 Å². The van der Waals surface area contributed by atoms with Crippen LogP contribution in [0.5, 0.6) is 0 Å². The van der Waals surface area contributed by atoms with Crippen molar-refractivity contribution in [1.29, 1.82) is 0 Å². The minimum atomic E-state index is -0.296. The second-order valence-corrected chi connectivity index (χ2v) is 8.40. The molecule has 0 radical (unpaired) electrons. The zero-order valence-corrected chi connectivity index (χ0v) is 18.0. The predicted molar refractivity (Wildman–Crippen MR) is 113 cm³/mol. The van der Waals surface area contributed by atoms with Gasteiger partial charge in [-0.1, -0.05) is 49.3 Å². The summed E-state index contributed by atoms with van der Waals surface area (Å²) in [7, 11) is 1.88. The number of carbonyl (C=O) groups excluding carboxylic acids is 1. The number of halogens is 2. The first-order valence-corrected chi connectivity index (χ1v) is 10.5. The van der Waals surface area contributed by atoms with E-state index in [2.05, 4.69) is 15.5 Å². The molecule has 0 unspecified atom stereocenters. The van der Waals surface area contributed by atoms with Crippen LogP contribution in [0.3, 0.4) is 0 Å². The molecule has 1 heterocycles. The van der Waals surface area contributed by atoms with Gasteiger partial charge >= 0.3 is 0 Å². The molecule has 0 aliphatic heterocycles. The minimum absolute atomic E-state index is 0.115. The van der Waals surface area contributed by atoms with Gasteiger partial charge in [0.2, 0.25) is 0 Å². The Balaban J connectivity index is 1.73. The van der Waals surface area contributed by atoms with E-state index in [-0.39, 0.29) is 23.7 Å². The molecule has 0 saturated heterocycles. The molecule has 1 amide bonds. The van der Waals surface area contributed by atoms with Gasteiger partial charge in [0.05, 0.1) is 6.04 Å². The summed E-state index contributed by atoms with van der Waals surface area (Å²) in [5.74, 6) is 1.00. The molecule has 3 aromatic rings. The van der Waals surface area contributed by atoms with Crippen molar-refractivity contribution >= 4 is 29.3 Å². The fraction of sp³-hybridized carbons (Fsp3) is 0.286. The van der Waals surface area contributed by atoms with Crippen molar-refractivity contribution in [2.45, 2.75) is 30.8 Å². The number of hydrogen-bond donors (Lipinski definition) is 1. The number of aromatic nitrogens is 3. The van der Waals surface area contributed by atoms with Gasteiger partial charge in [-0.25, -0.2) is 4.39 Å². The first kappa shape index (κ1) is 21.3. The Bertz CT molecular complexity index is 973. The molecule has 29 heavy (non-hydrogen) atoms. The highest BCUT2D eigenvalue weighted by Crippen LogP contribution is 2.26. The van der Waals surface area contributed by atoms with E-state index in [0.717, 1.165) is 10.7 Å². The Morgan fingerprint density at radius 1 is 1.14 bits per heavy atom. The topological polar surface area (TPSA) is 59.8 Å². The molecule has 0 spiro atoms. The van der Waals surface area contributed by atoms with Crippen LogP contribution < -0.4 is 5.32 Å². The van der Waals surface area contributed by atoms with Crippen LogP contribution >= 0.6 is 23.4 Å². The van der Waals surface area contributed by atoms with Crippen molar-refractivity contribution in [2.24, 2.45) is 13.0 Å². The number of benzene rings is 2. The summed E-state index contributed by atoms with van der Waals surface area (Å²) in [6.45, 7) is 4.04. The number of nitrogens with one attached hydrogen (secondary N) is 1. The van der Waals surface area contributed by atoms with Gasteiger partial charge in [-0.05, 0) is 47.9 Å². The monoisotopic (exact) mass is 432 g/mol. The van der Waals surface area contributed by atoms with Crippen LogP contribution in [0.1, 0.15) is 41.6 Å². The number of hydrogen-bond acceptors (Lipinski definition) is 4. The van der Waals surface area contributed by atoms with E-state index >= 15 is 0 Å². The predicted octanol–water partition coefficient (Wildman–Crippen LogP) is 5.03. The first-order valence-electron chi connectivity index (χ1n) is 9.18. The zero-order valence-electron chi connectivity index (χ0n) is 16.4. The maximum Gasteiger partial charge on any atom is 0.251 e. The molecule has 0 fully saturated rings. The summed E-state index contributed by atoms with van der Waals surface area (Å²) in [6, 6.07) is 12.9. The van der Waals surface area contributed by atoms with E-state index in [9.17, 15) is 9.18 Å². The summed E-state index contributed by atoms with van der Waals surface area (Å²) >= 11 is 7.41. The van der Waals surface area contributed by atoms with E-state index in [4.69, 9.17) is 11.6 Å². The van der Waals surface area contributed by atoms with Crippen molar-refractivity contribution < 1.29 is 9.18 Å². The molecule has 5 nitrogen and oxygen atoms in total. The largest absolute Gasteiger partial charge is 0.342 e. The van der Waals surface area contributed by atoms with Crippen molar-refractivity contribution in [3.05, 3.63) is 76.3 Å². The first-order chi connectivity index (χ1) is 13.8. The summed E-state index contributed by atoms with van der Waals surface area (Å²) in [4.78, 5) is 12.7. The fourth-order valence-electron chi connectivity index (χ4n) is 2.81. The molecule has 1 aromatic heterocycles. The van der Waals surface area contributed by atoms with Crippen molar-refractivity contribution in [2.75, 3.05) is 0 Å². The average Bonchev–Trinajstić information content (AvgIpc) is 3.06. The fourth-order valence-corrected chi connectivity index (χ4v) is 3.81. The highest BCUT2D eigenvalue weighted by Gasteiger charge is 2.25. The van der Waals surface area contributed by atoms with Gasteiger partial charge in [0.25, 0.3) is 5.91 Å². The highest BCUT2D eigenvalue weighted by atomic mass is 35.5. The van der Waals surface area contributed by atoms with Gasteiger partial charge in [0.1, 0.15) is 5.82 Å². The number of amides is 1. The lowest BCUT2D eigenvalue weighted by molar-refractivity contribution is 0.0922. The van der Waals surface area contributed by atoms with E-state index in [1.807, 2.05) is 25.5 Å². The van der Waals surface area contributed by atoms with Crippen LogP contribution in [0.25, 0.3) is 0 Å². The van der Waals surface area contributed by atoms with Gasteiger partial charge in [0.15, 0.2) is 11.0 Å². The molecule has 3 rings (SSSR count). The standard InChI is InChI=1S/C21H22ClFN4OS/c1-13(2)18(24-20(28)15-6-8-16(22)9-7-15)19-25-26-21(27(19)3)29-12-14-4-10-17(23)11-5-14/h4-11,13,18H,12H2,1-3H3,(H,24,28)/t18-/m1/s1. The number of thioether (sulfide) groups is 1. The SMILES string of the molecule is CC(C)[C@@H](NC(=O)c1ccc(Cl)cc1)c1nnc(SCc2ccc(F)cc2)n1C. The van der Waals surface area contributed by atoms with Crippen LogP contribution in [0, 0.1) is 11.7 Å². The van der Waals surface area contributed by atoms with Crippen LogP contribution in [0.15, 0.2) is 53.7 Å². The lowest BCUT2D eigenvalue weighted by atomic mass is 10.0. The smallest absolute Gasteiger partial charge is 0.251 e. The summed E-state index contributed by atoms with van der Waals surface area (Å²) < 4.78 is 14.9. The normalized spacial score (nSPS) is 12.2. The third kappa shape index (κ3) is 5.36. The summed E-state index contributed by atoms with van der Waals surface area (Å²) in [5, 5.41) is 13.0. The molecule has 0 aliphatic rings. The Labute approximate surface area is 178 Å². The molecule has 152 valence electrons. The maximum atomic E-state index is 13.1. The molecule has 0 bridgehead atoms.